The van der Waals surface area contributed by atoms with Gasteiger partial charge in [0.2, 0.25) is 11.8 Å². The Morgan fingerprint density at radius 2 is 1.97 bits per heavy atom. The average Bonchev–Trinajstić information content (AvgIpc) is 3.45. The highest BCUT2D eigenvalue weighted by Gasteiger charge is 2.20. The highest BCUT2D eigenvalue weighted by atomic mass is 16.5. The van der Waals surface area contributed by atoms with Crippen LogP contribution in [-0.2, 0) is 6.54 Å². The van der Waals surface area contributed by atoms with Crippen molar-refractivity contribution >= 4 is 34.5 Å². The maximum atomic E-state index is 12.2. The Balaban J connectivity index is 1.45. The number of carbonyl (C=O) groups is 1. The second-order valence-corrected chi connectivity index (χ2v) is 8.97. The summed E-state index contributed by atoms with van der Waals surface area (Å²) in [6.45, 7) is 6.58. The molecule has 0 aliphatic carbocycles. The highest BCUT2D eigenvalue weighted by Crippen LogP contribution is 2.38. The van der Waals surface area contributed by atoms with E-state index >= 15 is 0 Å². The van der Waals surface area contributed by atoms with Gasteiger partial charge in [0.05, 0.1) is 30.6 Å². The van der Waals surface area contributed by atoms with E-state index in [0.29, 0.717) is 41.0 Å². The van der Waals surface area contributed by atoms with Crippen LogP contribution in [0.5, 0.6) is 5.75 Å². The number of aromatic nitrogens is 5. The van der Waals surface area contributed by atoms with Gasteiger partial charge in [-0.3, -0.25) is 9.48 Å². The summed E-state index contributed by atoms with van der Waals surface area (Å²) in [5.74, 6) is 0.788. The molecular weight excluding hydrogens is 484 g/mol. The number of primary amides is 1. The van der Waals surface area contributed by atoms with Gasteiger partial charge in [0, 0.05) is 17.9 Å². The lowest BCUT2D eigenvalue weighted by Crippen LogP contribution is -2.25. The normalized spacial score (nSPS) is 11.9. The molecule has 3 heterocycles. The van der Waals surface area contributed by atoms with Gasteiger partial charge in [-0.15, -0.1) is 0 Å². The molecule has 0 aliphatic rings. The third-order valence-electron chi connectivity index (χ3n) is 5.98. The van der Waals surface area contributed by atoms with Crippen molar-refractivity contribution in [3.8, 4) is 17.2 Å². The second-order valence-electron chi connectivity index (χ2n) is 8.97. The van der Waals surface area contributed by atoms with E-state index in [2.05, 4.69) is 30.7 Å². The smallest absolute Gasteiger partial charge is 0.254 e. The van der Waals surface area contributed by atoms with Crippen LogP contribution in [0.1, 0.15) is 28.7 Å². The van der Waals surface area contributed by atoms with Gasteiger partial charge in [-0.2, -0.15) is 10.1 Å². The fourth-order valence-corrected chi connectivity index (χ4v) is 4.25. The fourth-order valence-electron chi connectivity index (χ4n) is 4.25. The van der Waals surface area contributed by atoms with Crippen LogP contribution in [0.15, 0.2) is 59.1 Å². The lowest BCUT2D eigenvalue weighted by Gasteiger charge is -2.17. The monoisotopic (exact) mass is 512 g/mol. The summed E-state index contributed by atoms with van der Waals surface area (Å²) in [5, 5.41) is 11.0. The van der Waals surface area contributed by atoms with E-state index in [9.17, 15) is 4.79 Å². The third kappa shape index (κ3) is 4.99. The standard InChI is InChI=1S/C27H28N8O3/c1-15-12-17(3)35(34-15)14-16(2)30-27-29-13-19(24(28)36)25(33-27)31-21-10-7-8-18(23(21)37-4)26-32-20-9-5-6-11-22(20)38-26/h5-13,16H,14H2,1-4H3,(H2,28,36)(H2,29,30,31,33). The Bertz CT molecular complexity index is 1590. The van der Waals surface area contributed by atoms with Crippen molar-refractivity contribution in [2.24, 2.45) is 5.73 Å². The molecule has 0 radical (unpaired) electrons. The number of nitrogens with zero attached hydrogens (tertiary/aromatic N) is 5. The quantitative estimate of drug-likeness (QED) is 0.261. The number of nitrogens with two attached hydrogens (primary N) is 1. The summed E-state index contributed by atoms with van der Waals surface area (Å²) in [6.07, 6.45) is 1.40. The molecule has 11 nitrogen and oxygen atoms in total. The van der Waals surface area contributed by atoms with Crippen LogP contribution in [-0.4, -0.2) is 43.8 Å². The van der Waals surface area contributed by atoms with Gasteiger partial charge >= 0.3 is 0 Å². The lowest BCUT2D eigenvalue weighted by molar-refractivity contribution is 0.100. The molecule has 5 rings (SSSR count). The summed E-state index contributed by atoms with van der Waals surface area (Å²) in [6, 6.07) is 15.0. The molecule has 0 saturated carbocycles. The minimum atomic E-state index is -0.663. The van der Waals surface area contributed by atoms with Crippen molar-refractivity contribution in [1.82, 2.24) is 24.7 Å². The van der Waals surface area contributed by atoms with Crippen LogP contribution >= 0.6 is 0 Å². The molecule has 1 unspecified atom stereocenters. The number of benzene rings is 2. The van der Waals surface area contributed by atoms with E-state index in [0.717, 1.165) is 16.9 Å². The molecule has 0 aliphatic heterocycles. The Morgan fingerprint density at radius 3 is 2.68 bits per heavy atom. The maximum absolute atomic E-state index is 12.2. The van der Waals surface area contributed by atoms with E-state index in [1.54, 1.807) is 13.2 Å². The van der Waals surface area contributed by atoms with Crippen molar-refractivity contribution in [2.45, 2.75) is 33.4 Å². The number of anilines is 3. The van der Waals surface area contributed by atoms with Gasteiger partial charge in [0.15, 0.2) is 11.3 Å². The van der Waals surface area contributed by atoms with Crippen LogP contribution in [0.3, 0.4) is 0 Å². The number of rotatable bonds is 9. The molecule has 2 aromatic carbocycles. The summed E-state index contributed by atoms with van der Waals surface area (Å²) in [4.78, 5) is 25.6. The molecule has 5 aromatic rings. The molecule has 1 atom stereocenters. The SMILES string of the molecule is COc1c(Nc2nc(NC(C)Cn3nc(C)cc3C)ncc2C(N)=O)cccc1-c1nc2ccccc2o1. The van der Waals surface area contributed by atoms with E-state index in [4.69, 9.17) is 14.9 Å². The first kappa shape index (κ1) is 24.8. The summed E-state index contributed by atoms with van der Waals surface area (Å²) < 4.78 is 13.6. The predicted molar refractivity (Wildman–Crippen MR) is 145 cm³/mol. The first-order valence-electron chi connectivity index (χ1n) is 12.1. The summed E-state index contributed by atoms with van der Waals surface area (Å²) in [5.41, 5.74) is 10.4. The number of aryl methyl sites for hydroxylation is 2. The van der Waals surface area contributed by atoms with Gasteiger partial charge in [-0.1, -0.05) is 18.2 Å². The zero-order valence-corrected chi connectivity index (χ0v) is 21.5. The third-order valence-corrected chi connectivity index (χ3v) is 5.98. The molecule has 0 fully saturated rings. The molecule has 11 heteroatoms. The minimum Gasteiger partial charge on any atom is -0.494 e. The first-order valence-corrected chi connectivity index (χ1v) is 12.1. The number of nitrogens with one attached hydrogen (secondary N) is 2. The minimum absolute atomic E-state index is 0.0442. The van der Waals surface area contributed by atoms with Crippen LogP contribution in [0, 0.1) is 13.8 Å². The molecule has 4 N–H and O–H groups in total. The molecule has 0 saturated heterocycles. The number of oxazole rings is 1. The molecule has 38 heavy (non-hydrogen) atoms. The Hall–Kier alpha value is -4.93. The number of fused-ring (bicyclic) bond motifs is 1. The number of methoxy groups -OCH3 is 1. The Kier molecular flexibility index (Phi) is 6.65. The van der Waals surface area contributed by atoms with Gasteiger partial charge in [-0.05, 0) is 51.1 Å². The predicted octanol–water partition coefficient (Wildman–Crippen LogP) is 4.45. The van der Waals surface area contributed by atoms with Crippen LogP contribution in [0.2, 0.25) is 0 Å². The van der Waals surface area contributed by atoms with Crippen molar-refractivity contribution < 1.29 is 13.9 Å². The zero-order valence-electron chi connectivity index (χ0n) is 21.5. The Labute approximate surface area is 219 Å². The zero-order chi connectivity index (χ0) is 26.8. The average molecular weight is 513 g/mol. The second kappa shape index (κ2) is 10.2. The van der Waals surface area contributed by atoms with Gasteiger partial charge in [0.1, 0.15) is 16.9 Å². The molecular formula is C27H28N8O3. The van der Waals surface area contributed by atoms with E-state index < -0.39 is 5.91 Å². The molecule has 0 bridgehead atoms. The molecule has 194 valence electrons. The van der Waals surface area contributed by atoms with Gasteiger partial charge < -0.3 is 25.5 Å². The van der Waals surface area contributed by atoms with Crippen molar-refractivity contribution in [3.63, 3.8) is 0 Å². The van der Waals surface area contributed by atoms with Gasteiger partial charge in [-0.25, -0.2) is 9.97 Å². The van der Waals surface area contributed by atoms with Crippen LogP contribution in [0.4, 0.5) is 17.5 Å². The van der Waals surface area contributed by atoms with Crippen molar-refractivity contribution in [1.29, 1.82) is 0 Å². The summed E-state index contributed by atoms with van der Waals surface area (Å²) in [7, 11) is 1.55. The fraction of sp³-hybridized carbons (Fsp3) is 0.222. The largest absolute Gasteiger partial charge is 0.494 e. The Morgan fingerprint density at radius 1 is 1.16 bits per heavy atom. The van der Waals surface area contributed by atoms with Crippen molar-refractivity contribution in [3.05, 3.63) is 71.7 Å². The van der Waals surface area contributed by atoms with Crippen molar-refractivity contribution in [2.75, 3.05) is 17.7 Å². The maximum Gasteiger partial charge on any atom is 0.254 e. The van der Waals surface area contributed by atoms with Crippen LogP contribution < -0.4 is 21.1 Å². The summed E-state index contributed by atoms with van der Waals surface area (Å²) >= 11 is 0. The van der Waals surface area contributed by atoms with Crippen LogP contribution in [0.25, 0.3) is 22.6 Å². The van der Waals surface area contributed by atoms with E-state index in [1.807, 2.05) is 67.9 Å². The highest BCUT2D eigenvalue weighted by molar-refractivity contribution is 5.98. The van der Waals surface area contributed by atoms with Gasteiger partial charge in [0.25, 0.3) is 5.91 Å². The topological polar surface area (TPSA) is 146 Å². The van der Waals surface area contributed by atoms with E-state index in [-0.39, 0.29) is 17.4 Å². The lowest BCUT2D eigenvalue weighted by atomic mass is 10.1. The molecule has 0 spiro atoms. The number of carbonyl (C=O) groups excluding carboxylic acids is 1. The molecule has 1 amide bonds. The van der Waals surface area contributed by atoms with E-state index in [1.165, 1.54) is 6.20 Å². The first-order chi connectivity index (χ1) is 18.3. The number of hydrogen-bond donors (Lipinski definition) is 3. The molecule has 3 aromatic heterocycles. The number of para-hydroxylation sites is 3. The number of ether oxygens (including phenoxy) is 1. The number of amides is 1. The number of hydrogen-bond acceptors (Lipinski definition) is 9.